The fraction of sp³-hybridized carbons (Fsp3) is 0.273. The molecule has 1 heterocycles. The lowest BCUT2D eigenvalue weighted by atomic mass is 10.1. The first-order chi connectivity index (χ1) is 9.40. The van der Waals surface area contributed by atoms with E-state index in [1.165, 1.54) is 22.7 Å². The number of carboxylic acid groups (broad SMARTS) is 1. The van der Waals surface area contributed by atoms with Crippen LogP contribution in [0.25, 0.3) is 0 Å². The maximum Gasteiger partial charge on any atom is 0.327 e. The van der Waals surface area contributed by atoms with Crippen molar-refractivity contribution in [1.29, 1.82) is 0 Å². The van der Waals surface area contributed by atoms with Crippen LogP contribution in [-0.2, 0) is 4.79 Å². The van der Waals surface area contributed by atoms with Crippen LogP contribution in [0.1, 0.15) is 10.4 Å². The maximum atomic E-state index is 12.3. The van der Waals surface area contributed by atoms with Gasteiger partial charge in [-0.05, 0) is 6.07 Å². The summed E-state index contributed by atoms with van der Waals surface area (Å²) in [5.74, 6) is -1.15. The average Bonchev–Trinajstić information content (AvgIpc) is 2.86. The van der Waals surface area contributed by atoms with E-state index in [9.17, 15) is 19.7 Å². The van der Waals surface area contributed by atoms with Gasteiger partial charge in [-0.1, -0.05) is 11.6 Å². The Kier molecular flexibility index (Phi) is 4.15. The van der Waals surface area contributed by atoms with Crippen molar-refractivity contribution in [2.75, 3.05) is 11.6 Å². The Morgan fingerprint density at radius 3 is 2.75 bits per heavy atom. The van der Waals surface area contributed by atoms with Gasteiger partial charge in [-0.25, -0.2) is 4.79 Å². The summed E-state index contributed by atoms with van der Waals surface area (Å²) in [6.07, 6.45) is 0. The van der Waals surface area contributed by atoms with Crippen molar-refractivity contribution in [2.45, 2.75) is 6.04 Å². The number of carboxylic acids is 1. The highest BCUT2D eigenvalue weighted by molar-refractivity contribution is 7.99. The molecule has 0 aromatic heterocycles. The first-order valence-electron chi connectivity index (χ1n) is 5.46. The van der Waals surface area contributed by atoms with Crippen molar-refractivity contribution in [2.24, 2.45) is 0 Å². The highest BCUT2D eigenvalue weighted by atomic mass is 35.5. The third-order valence-corrected chi connectivity index (χ3v) is 4.00. The van der Waals surface area contributed by atoms with Gasteiger partial charge in [0.2, 0.25) is 0 Å². The van der Waals surface area contributed by atoms with Gasteiger partial charge in [0.1, 0.15) is 6.04 Å². The topological polar surface area (TPSA) is 101 Å². The number of nitrogens with zero attached hydrogens (tertiary/aromatic N) is 2. The zero-order valence-electron chi connectivity index (χ0n) is 9.98. The van der Waals surface area contributed by atoms with Crippen LogP contribution in [0.5, 0.6) is 0 Å². The number of carbonyl (C=O) groups is 2. The maximum absolute atomic E-state index is 12.3. The number of nitro groups is 1. The zero-order valence-corrected chi connectivity index (χ0v) is 11.6. The highest BCUT2D eigenvalue weighted by Crippen LogP contribution is 2.26. The Bertz CT molecular complexity index is 594. The molecule has 9 heteroatoms. The molecular formula is C11H9ClN2O5S. The first-order valence-corrected chi connectivity index (χ1v) is 7.00. The number of hydrogen-bond donors (Lipinski definition) is 1. The van der Waals surface area contributed by atoms with Gasteiger partial charge in [-0.15, -0.1) is 11.8 Å². The second-order valence-electron chi connectivity index (χ2n) is 4.08. The van der Waals surface area contributed by atoms with Gasteiger partial charge in [-0.3, -0.25) is 14.9 Å². The number of non-ortho nitro benzene ring substituents is 1. The normalized spacial score (nSPS) is 18.1. The molecule has 1 aromatic carbocycles. The molecule has 1 aliphatic heterocycles. The Morgan fingerprint density at radius 2 is 2.15 bits per heavy atom. The van der Waals surface area contributed by atoms with E-state index < -0.39 is 22.8 Å². The van der Waals surface area contributed by atoms with E-state index in [1.807, 2.05) is 0 Å². The number of carbonyl (C=O) groups excluding carboxylic acids is 1. The van der Waals surface area contributed by atoms with E-state index in [4.69, 9.17) is 16.7 Å². The molecule has 0 radical (unpaired) electrons. The SMILES string of the molecule is O=C(O)C1CSCN1C(=O)c1cc(Cl)cc([N+](=O)[O-])c1. The second kappa shape index (κ2) is 5.68. The number of benzene rings is 1. The van der Waals surface area contributed by atoms with Crippen LogP contribution in [0, 0.1) is 10.1 Å². The van der Waals surface area contributed by atoms with Crippen molar-refractivity contribution >= 4 is 40.9 Å². The standard InChI is InChI=1S/C11H9ClN2O5S/c12-7-1-6(2-8(3-7)14(18)19)10(15)13-5-20-4-9(13)11(16)17/h1-3,9H,4-5H2,(H,16,17). The second-order valence-corrected chi connectivity index (χ2v) is 5.52. The fourth-order valence-corrected chi connectivity index (χ4v) is 3.19. The van der Waals surface area contributed by atoms with Gasteiger partial charge in [0.25, 0.3) is 11.6 Å². The largest absolute Gasteiger partial charge is 0.480 e. The van der Waals surface area contributed by atoms with E-state index in [2.05, 4.69) is 0 Å². The summed E-state index contributed by atoms with van der Waals surface area (Å²) in [7, 11) is 0. The fourth-order valence-electron chi connectivity index (χ4n) is 1.82. The van der Waals surface area contributed by atoms with Crippen LogP contribution in [-0.4, -0.2) is 44.5 Å². The summed E-state index contributed by atoms with van der Waals surface area (Å²) in [6, 6.07) is 2.59. The molecule has 106 valence electrons. The summed E-state index contributed by atoms with van der Waals surface area (Å²) in [5.41, 5.74) is -0.294. The number of amides is 1. The molecular weight excluding hydrogens is 308 g/mol. The van der Waals surface area contributed by atoms with Gasteiger partial charge in [0, 0.05) is 28.5 Å². The van der Waals surface area contributed by atoms with Crippen molar-refractivity contribution in [3.8, 4) is 0 Å². The molecule has 1 saturated heterocycles. The summed E-state index contributed by atoms with van der Waals surface area (Å²) in [5, 5.41) is 19.8. The van der Waals surface area contributed by atoms with Crippen LogP contribution in [0.15, 0.2) is 18.2 Å². The summed E-state index contributed by atoms with van der Waals surface area (Å²) >= 11 is 7.06. The summed E-state index contributed by atoms with van der Waals surface area (Å²) in [6.45, 7) is 0. The van der Waals surface area contributed by atoms with Crippen LogP contribution < -0.4 is 0 Å². The van der Waals surface area contributed by atoms with E-state index in [0.717, 1.165) is 12.1 Å². The summed E-state index contributed by atoms with van der Waals surface area (Å²) < 4.78 is 0. The van der Waals surface area contributed by atoms with Gasteiger partial charge in [0.05, 0.1) is 10.8 Å². The molecule has 1 fully saturated rings. The first kappa shape index (κ1) is 14.6. The molecule has 0 aliphatic carbocycles. The highest BCUT2D eigenvalue weighted by Gasteiger charge is 2.35. The molecule has 7 nitrogen and oxygen atoms in total. The molecule has 1 atom stereocenters. The molecule has 1 amide bonds. The Morgan fingerprint density at radius 1 is 1.45 bits per heavy atom. The molecule has 1 N–H and O–H groups in total. The lowest BCUT2D eigenvalue weighted by molar-refractivity contribution is -0.384. The van der Waals surface area contributed by atoms with E-state index >= 15 is 0 Å². The molecule has 1 unspecified atom stereocenters. The van der Waals surface area contributed by atoms with Gasteiger partial charge < -0.3 is 10.0 Å². The van der Waals surface area contributed by atoms with E-state index in [-0.39, 0.29) is 22.2 Å². The molecule has 0 spiro atoms. The number of rotatable bonds is 3. The van der Waals surface area contributed by atoms with E-state index in [1.54, 1.807) is 0 Å². The lowest BCUT2D eigenvalue weighted by Gasteiger charge is -2.20. The Labute approximate surface area is 122 Å². The van der Waals surface area contributed by atoms with Crippen LogP contribution in [0.3, 0.4) is 0 Å². The third kappa shape index (κ3) is 2.86. The minimum Gasteiger partial charge on any atom is -0.480 e. The van der Waals surface area contributed by atoms with Crippen LogP contribution in [0.4, 0.5) is 5.69 Å². The monoisotopic (exact) mass is 316 g/mol. The lowest BCUT2D eigenvalue weighted by Crippen LogP contribution is -2.41. The van der Waals surface area contributed by atoms with Gasteiger partial charge in [0.15, 0.2) is 0 Å². The average molecular weight is 317 g/mol. The minimum atomic E-state index is -1.10. The number of thioether (sulfide) groups is 1. The number of halogens is 1. The van der Waals surface area contributed by atoms with Gasteiger partial charge >= 0.3 is 5.97 Å². The molecule has 20 heavy (non-hydrogen) atoms. The summed E-state index contributed by atoms with van der Waals surface area (Å²) in [4.78, 5) is 34.6. The molecule has 2 rings (SSSR count). The van der Waals surface area contributed by atoms with Crippen LogP contribution >= 0.6 is 23.4 Å². The number of hydrogen-bond acceptors (Lipinski definition) is 5. The molecule has 0 saturated carbocycles. The Hall–Kier alpha value is -1.80. The molecule has 1 aromatic rings. The minimum absolute atomic E-state index is 0.0120. The van der Waals surface area contributed by atoms with Crippen LogP contribution in [0.2, 0.25) is 5.02 Å². The predicted molar refractivity (Wildman–Crippen MR) is 73.0 cm³/mol. The predicted octanol–water partition coefficient (Wildman–Crippen LogP) is 1.85. The zero-order chi connectivity index (χ0) is 14.9. The van der Waals surface area contributed by atoms with Crippen molar-refractivity contribution in [1.82, 2.24) is 4.90 Å². The van der Waals surface area contributed by atoms with Crippen molar-refractivity contribution in [3.05, 3.63) is 38.9 Å². The molecule has 1 aliphatic rings. The van der Waals surface area contributed by atoms with E-state index in [0.29, 0.717) is 5.75 Å². The number of aliphatic carboxylic acids is 1. The molecule has 0 bridgehead atoms. The van der Waals surface area contributed by atoms with Gasteiger partial charge in [-0.2, -0.15) is 0 Å². The van der Waals surface area contributed by atoms with Crippen molar-refractivity contribution < 1.29 is 19.6 Å². The number of nitro benzene ring substituents is 1. The third-order valence-electron chi connectivity index (χ3n) is 2.77. The Balaban J connectivity index is 2.33. The smallest absolute Gasteiger partial charge is 0.327 e. The quantitative estimate of drug-likeness (QED) is 0.674. The van der Waals surface area contributed by atoms with Crippen molar-refractivity contribution in [3.63, 3.8) is 0 Å².